The second-order valence-corrected chi connectivity index (χ2v) is 8.88. The minimum atomic E-state index is -5.08. The number of unbranched alkanes of at least 4 members (excludes halogenated alkanes) is 1. The van der Waals surface area contributed by atoms with E-state index >= 15 is 0 Å². The van der Waals surface area contributed by atoms with Crippen molar-refractivity contribution < 1.29 is 45.5 Å². The number of anilines is 2. The predicted molar refractivity (Wildman–Crippen MR) is 133 cm³/mol. The van der Waals surface area contributed by atoms with Crippen LogP contribution < -0.4 is 16.0 Å². The van der Waals surface area contributed by atoms with E-state index in [1.807, 2.05) is 12.2 Å². The molecule has 1 aliphatic rings. The van der Waals surface area contributed by atoms with Gasteiger partial charge < -0.3 is 20.7 Å². The lowest BCUT2D eigenvalue weighted by atomic mass is 9.94. The van der Waals surface area contributed by atoms with Crippen molar-refractivity contribution in [3.05, 3.63) is 70.4 Å². The molecule has 3 N–H and O–H groups in total. The third-order valence-electron chi connectivity index (χ3n) is 6.06. The van der Waals surface area contributed by atoms with Crippen molar-refractivity contribution in [2.24, 2.45) is 0 Å². The number of rotatable bonds is 7. The van der Waals surface area contributed by atoms with Gasteiger partial charge in [-0.1, -0.05) is 25.5 Å². The number of nitrogens with one attached hydrogen (secondary N) is 3. The zero-order valence-corrected chi connectivity index (χ0v) is 21.6. The Hall–Kier alpha value is -4.23. The molecule has 0 aliphatic carbocycles. The van der Waals surface area contributed by atoms with Gasteiger partial charge in [0, 0.05) is 23.6 Å². The number of nitrogens with zero attached hydrogens (tertiary/aromatic N) is 1. The van der Waals surface area contributed by atoms with Gasteiger partial charge in [0.1, 0.15) is 0 Å². The van der Waals surface area contributed by atoms with Crippen LogP contribution in [0, 0.1) is 0 Å². The van der Waals surface area contributed by atoms with Crippen molar-refractivity contribution in [3.8, 4) is 0 Å². The summed E-state index contributed by atoms with van der Waals surface area (Å²) in [5.74, 6) is -0.690. The number of benzene rings is 2. The third-order valence-corrected chi connectivity index (χ3v) is 6.06. The standard InChI is InChI=1S/C26H26F6N4O4/c1-4-5-9-36-14(2)20(22(37)40-3)21(35-24(36)39)15-7-6-8-18(10-15)33-23(38)34-19-12-16(25(27,28)29)11-17(13-19)26(30,31)32/h6-8,10-13,21H,4-5,9H2,1-3H3,(H,35,39)(H2,33,34,38). The first kappa shape index (κ1) is 30.3. The molecule has 4 amide bonds. The Labute approximate surface area is 225 Å². The smallest absolute Gasteiger partial charge is 0.416 e. The van der Waals surface area contributed by atoms with Gasteiger partial charge >= 0.3 is 30.4 Å². The Bertz CT molecular complexity index is 1290. The minimum Gasteiger partial charge on any atom is -0.466 e. The summed E-state index contributed by atoms with van der Waals surface area (Å²) < 4.78 is 83.7. The number of ether oxygens (including phenoxy) is 1. The molecule has 0 spiro atoms. The zero-order valence-electron chi connectivity index (χ0n) is 21.6. The number of esters is 1. The number of urea groups is 2. The summed E-state index contributed by atoms with van der Waals surface area (Å²) in [6, 6.07) is 4.02. The SMILES string of the molecule is CCCCN1C(=O)NC(c2cccc(NC(=O)Nc3cc(C(F)(F)F)cc(C(F)(F)F)c3)c2)C(C(=O)OC)=C1C. The molecule has 1 atom stereocenters. The van der Waals surface area contributed by atoms with E-state index in [1.165, 1.54) is 30.2 Å². The summed E-state index contributed by atoms with van der Waals surface area (Å²) in [5.41, 5.74) is -2.91. The second kappa shape index (κ2) is 11.9. The van der Waals surface area contributed by atoms with Crippen LogP contribution in [0.5, 0.6) is 0 Å². The Morgan fingerprint density at radius 1 is 0.975 bits per heavy atom. The molecule has 0 saturated carbocycles. The summed E-state index contributed by atoms with van der Waals surface area (Å²) in [5, 5.41) is 7.05. The highest BCUT2D eigenvalue weighted by atomic mass is 19.4. The summed E-state index contributed by atoms with van der Waals surface area (Å²) >= 11 is 0. The molecule has 1 heterocycles. The van der Waals surface area contributed by atoms with E-state index in [9.17, 15) is 40.7 Å². The number of carbonyl (C=O) groups is 3. The fraction of sp³-hybridized carbons (Fsp3) is 0.346. The van der Waals surface area contributed by atoms with Gasteiger partial charge in [-0.15, -0.1) is 0 Å². The molecule has 14 heteroatoms. The van der Waals surface area contributed by atoms with E-state index in [1.54, 1.807) is 13.0 Å². The lowest BCUT2D eigenvalue weighted by Gasteiger charge is -2.35. The van der Waals surface area contributed by atoms with Gasteiger partial charge in [-0.2, -0.15) is 26.3 Å². The first-order valence-corrected chi connectivity index (χ1v) is 12.0. The quantitative estimate of drug-likeness (QED) is 0.255. The van der Waals surface area contributed by atoms with Crippen molar-refractivity contribution in [2.75, 3.05) is 24.3 Å². The summed E-state index contributed by atoms with van der Waals surface area (Å²) in [4.78, 5) is 39.4. The lowest BCUT2D eigenvalue weighted by Crippen LogP contribution is -2.48. The van der Waals surface area contributed by atoms with Gasteiger partial charge in [0.2, 0.25) is 0 Å². The largest absolute Gasteiger partial charge is 0.466 e. The normalized spacial score (nSPS) is 16.0. The average molecular weight is 573 g/mol. The van der Waals surface area contributed by atoms with Crippen LogP contribution in [0.2, 0.25) is 0 Å². The number of amides is 4. The Morgan fingerprint density at radius 2 is 1.57 bits per heavy atom. The highest BCUT2D eigenvalue weighted by Crippen LogP contribution is 2.38. The molecule has 216 valence electrons. The van der Waals surface area contributed by atoms with Crippen LogP contribution in [-0.4, -0.2) is 36.6 Å². The first-order valence-electron chi connectivity index (χ1n) is 12.0. The summed E-state index contributed by atoms with van der Waals surface area (Å²) in [7, 11) is 1.19. The van der Waals surface area contributed by atoms with E-state index in [0.717, 1.165) is 6.42 Å². The molecule has 0 fully saturated rings. The van der Waals surface area contributed by atoms with E-state index in [2.05, 4.69) is 10.6 Å². The van der Waals surface area contributed by atoms with Gasteiger partial charge in [0.25, 0.3) is 0 Å². The molecule has 0 bridgehead atoms. The fourth-order valence-corrected chi connectivity index (χ4v) is 4.11. The maximum Gasteiger partial charge on any atom is 0.416 e. The number of hydrogen-bond acceptors (Lipinski definition) is 4. The van der Waals surface area contributed by atoms with Crippen LogP contribution in [0.1, 0.15) is 49.4 Å². The number of hydrogen-bond donors (Lipinski definition) is 3. The number of alkyl halides is 6. The number of halogens is 6. The van der Waals surface area contributed by atoms with E-state index < -0.39 is 53.2 Å². The third kappa shape index (κ3) is 7.04. The van der Waals surface area contributed by atoms with Gasteiger partial charge in [-0.05, 0) is 49.2 Å². The first-order chi connectivity index (χ1) is 18.6. The maximum absolute atomic E-state index is 13.1. The van der Waals surface area contributed by atoms with Crippen molar-refractivity contribution >= 4 is 29.4 Å². The molecular formula is C26H26F6N4O4. The molecule has 0 aromatic heterocycles. The lowest BCUT2D eigenvalue weighted by molar-refractivity contribution is -0.143. The van der Waals surface area contributed by atoms with E-state index in [-0.39, 0.29) is 17.3 Å². The van der Waals surface area contributed by atoms with Crippen LogP contribution in [0.25, 0.3) is 0 Å². The minimum absolute atomic E-state index is 0.0528. The molecule has 1 unspecified atom stereocenters. The molecule has 2 aromatic rings. The molecule has 0 radical (unpaired) electrons. The van der Waals surface area contributed by atoms with Gasteiger partial charge in [-0.3, -0.25) is 4.90 Å². The Kier molecular flexibility index (Phi) is 9.00. The van der Waals surface area contributed by atoms with Crippen molar-refractivity contribution in [3.63, 3.8) is 0 Å². The maximum atomic E-state index is 13.1. The van der Waals surface area contributed by atoms with Crippen LogP contribution in [-0.2, 0) is 21.9 Å². The van der Waals surface area contributed by atoms with Crippen LogP contribution in [0.4, 0.5) is 47.3 Å². The van der Waals surface area contributed by atoms with E-state index in [0.29, 0.717) is 36.4 Å². The highest BCUT2D eigenvalue weighted by Gasteiger charge is 2.38. The monoisotopic (exact) mass is 572 g/mol. The van der Waals surface area contributed by atoms with Crippen molar-refractivity contribution in [1.29, 1.82) is 0 Å². The van der Waals surface area contributed by atoms with Crippen LogP contribution >= 0.6 is 0 Å². The molecule has 1 aliphatic heterocycles. The van der Waals surface area contributed by atoms with Crippen molar-refractivity contribution in [2.45, 2.75) is 45.1 Å². The van der Waals surface area contributed by atoms with Gasteiger partial charge in [-0.25, -0.2) is 14.4 Å². The zero-order chi connectivity index (χ0) is 29.8. The number of allylic oxidation sites excluding steroid dienone is 1. The summed E-state index contributed by atoms with van der Waals surface area (Å²) in [6.07, 6.45) is -8.67. The topological polar surface area (TPSA) is 99.8 Å². The predicted octanol–water partition coefficient (Wildman–Crippen LogP) is 6.68. The van der Waals surface area contributed by atoms with Gasteiger partial charge in [0.05, 0.1) is 29.9 Å². The average Bonchev–Trinajstić information content (AvgIpc) is 2.86. The number of carbonyl (C=O) groups excluding carboxylic acids is 3. The van der Waals surface area contributed by atoms with Crippen LogP contribution in [0.3, 0.4) is 0 Å². The molecule has 2 aromatic carbocycles. The Morgan fingerprint density at radius 3 is 2.12 bits per heavy atom. The molecule has 3 rings (SSSR count). The second-order valence-electron chi connectivity index (χ2n) is 8.88. The molecular weight excluding hydrogens is 546 g/mol. The Balaban J connectivity index is 1.88. The summed E-state index contributed by atoms with van der Waals surface area (Å²) in [6.45, 7) is 3.92. The van der Waals surface area contributed by atoms with Crippen LogP contribution in [0.15, 0.2) is 53.7 Å². The molecule has 40 heavy (non-hydrogen) atoms. The van der Waals surface area contributed by atoms with Crippen molar-refractivity contribution in [1.82, 2.24) is 10.2 Å². The number of methoxy groups -OCH3 is 1. The molecule has 0 saturated heterocycles. The van der Waals surface area contributed by atoms with Gasteiger partial charge in [0.15, 0.2) is 0 Å². The highest BCUT2D eigenvalue weighted by molar-refractivity contribution is 6.00. The van der Waals surface area contributed by atoms with E-state index in [4.69, 9.17) is 4.74 Å². The molecule has 8 nitrogen and oxygen atoms in total. The fourth-order valence-electron chi connectivity index (χ4n) is 4.11.